The molecular weight excluding hydrogens is 288 g/mol. The van der Waals surface area contributed by atoms with Crippen molar-refractivity contribution in [3.63, 3.8) is 0 Å². The highest BCUT2D eigenvalue weighted by Gasteiger charge is 2.20. The Hall–Kier alpha value is -1.73. The van der Waals surface area contributed by atoms with Gasteiger partial charge in [0.25, 0.3) is 0 Å². The van der Waals surface area contributed by atoms with Crippen LogP contribution in [0.4, 0.5) is 0 Å². The van der Waals surface area contributed by atoms with E-state index in [1.807, 2.05) is 0 Å². The van der Waals surface area contributed by atoms with Crippen molar-refractivity contribution in [2.24, 2.45) is 0 Å². The van der Waals surface area contributed by atoms with E-state index in [1.54, 1.807) is 0 Å². The fourth-order valence-corrected chi connectivity index (χ4v) is 1.34. The van der Waals surface area contributed by atoms with E-state index in [1.165, 1.54) is 31.2 Å². The number of benzene rings is 1. The van der Waals surface area contributed by atoms with Crippen LogP contribution in [0, 0.1) is 0 Å². The van der Waals surface area contributed by atoms with E-state index in [0.29, 0.717) is 0 Å². The van der Waals surface area contributed by atoms with Crippen LogP contribution in [0.15, 0.2) is 34.1 Å². The minimum absolute atomic E-state index is 0.0489. The summed E-state index contributed by atoms with van der Waals surface area (Å²) in [6.45, 7) is 1.38. The number of esters is 2. The third-order valence-corrected chi connectivity index (χ3v) is 2.88. The van der Waals surface area contributed by atoms with Gasteiger partial charge in [-0.05, 0) is 19.1 Å². The topological polar surface area (TPSA) is 80.7 Å². The predicted octanol–water partition coefficient (Wildman–Crippen LogP) is 2.16. The van der Waals surface area contributed by atoms with Gasteiger partial charge in [-0.25, -0.2) is 14.4 Å². The van der Waals surface area contributed by atoms with Gasteiger partial charge in [0.1, 0.15) is 0 Å². The van der Waals surface area contributed by atoms with Gasteiger partial charge in [-0.1, -0.05) is 12.1 Å². The van der Waals surface area contributed by atoms with Crippen LogP contribution in [0.25, 0.3) is 0 Å². The Kier molecular flexibility index (Phi) is 5.20. The van der Waals surface area contributed by atoms with Crippen LogP contribution < -0.4 is 0 Å². The highest BCUT2D eigenvalue weighted by molar-refractivity contribution is 8.05. The summed E-state index contributed by atoms with van der Waals surface area (Å²) in [6.07, 6.45) is 0. The molecule has 19 heavy (non-hydrogen) atoms. The van der Waals surface area contributed by atoms with E-state index in [-0.39, 0.29) is 20.9 Å². The fourth-order valence-electron chi connectivity index (χ4n) is 1.15. The summed E-state index contributed by atoms with van der Waals surface area (Å²) in [7, 11) is 0. The molecule has 0 saturated carbocycles. The maximum absolute atomic E-state index is 11.7. The summed E-state index contributed by atoms with van der Waals surface area (Å²) in [6, 6.07) is 5.45. The van der Waals surface area contributed by atoms with Gasteiger partial charge in [-0.2, -0.15) is 0 Å². The number of hydrogen-bond acceptors (Lipinski definition) is 6. The van der Waals surface area contributed by atoms with Gasteiger partial charge in [0.05, 0.1) is 16.7 Å². The fraction of sp³-hybridized carbons (Fsp3) is 0.0833. The van der Waals surface area contributed by atoms with Gasteiger partial charge in [-0.3, -0.25) is 0 Å². The van der Waals surface area contributed by atoms with Crippen LogP contribution in [0.3, 0.4) is 0 Å². The SMILES string of the molecule is CC(C(=O)OC(=O)c1ccccc1C(=O)O)=C(S)S. The molecule has 5 nitrogen and oxygen atoms in total. The Bertz CT molecular complexity index is 573. The number of carboxylic acids is 1. The van der Waals surface area contributed by atoms with Crippen molar-refractivity contribution in [2.75, 3.05) is 0 Å². The highest BCUT2D eigenvalue weighted by atomic mass is 32.2. The lowest BCUT2D eigenvalue weighted by molar-refractivity contribution is -0.133. The van der Waals surface area contributed by atoms with Crippen LogP contribution in [0.5, 0.6) is 0 Å². The minimum atomic E-state index is -1.28. The molecule has 0 amide bonds. The molecule has 0 heterocycles. The molecule has 0 atom stereocenters. The van der Waals surface area contributed by atoms with Gasteiger partial charge < -0.3 is 9.84 Å². The molecule has 1 rings (SSSR count). The molecule has 0 bridgehead atoms. The molecule has 0 aliphatic carbocycles. The summed E-state index contributed by atoms with van der Waals surface area (Å²) in [4.78, 5) is 34.2. The minimum Gasteiger partial charge on any atom is -0.478 e. The molecule has 0 aliphatic heterocycles. The molecule has 0 unspecified atom stereocenters. The first-order valence-electron chi connectivity index (χ1n) is 5.02. The third-order valence-electron chi connectivity index (χ3n) is 2.20. The quantitative estimate of drug-likeness (QED) is 0.345. The number of carboxylic acid groups (broad SMARTS) is 1. The molecule has 1 N–H and O–H groups in total. The van der Waals surface area contributed by atoms with Crippen molar-refractivity contribution in [3.05, 3.63) is 45.2 Å². The molecule has 100 valence electrons. The standard InChI is InChI=1S/C12H10O5S2/c1-6(12(18)19)10(15)17-11(16)8-5-3-2-4-7(8)9(13)14/h2-5,18-19H,1H3,(H,13,14). The lowest BCUT2D eigenvalue weighted by Crippen LogP contribution is -2.16. The first-order valence-corrected chi connectivity index (χ1v) is 5.91. The van der Waals surface area contributed by atoms with Crippen molar-refractivity contribution in [1.82, 2.24) is 0 Å². The molecule has 1 aromatic rings. The van der Waals surface area contributed by atoms with Gasteiger partial charge in [0.2, 0.25) is 0 Å². The van der Waals surface area contributed by atoms with Crippen LogP contribution in [0.1, 0.15) is 27.6 Å². The zero-order chi connectivity index (χ0) is 14.6. The number of carbonyl (C=O) groups is 3. The van der Waals surface area contributed by atoms with Crippen molar-refractivity contribution >= 4 is 43.2 Å². The van der Waals surface area contributed by atoms with Crippen molar-refractivity contribution in [3.8, 4) is 0 Å². The number of carbonyl (C=O) groups excluding carboxylic acids is 2. The number of hydrogen-bond donors (Lipinski definition) is 3. The first-order chi connectivity index (χ1) is 8.84. The molecule has 0 fully saturated rings. The average Bonchev–Trinajstić information content (AvgIpc) is 2.37. The lowest BCUT2D eigenvalue weighted by atomic mass is 10.1. The molecular formula is C12H10O5S2. The van der Waals surface area contributed by atoms with E-state index >= 15 is 0 Å². The summed E-state index contributed by atoms with van der Waals surface area (Å²) in [5.74, 6) is -3.24. The third kappa shape index (κ3) is 3.87. The second-order valence-electron chi connectivity index (χ2n) is 3.48. The van der Waals surface area contributed by atoms with Crippen LogP contribution >= 0.6 is 25.3 Å². The Labute approximate surface area is 120 Å². The van der Waals surface area contributed by atoms with E-state index in [9.17, 15) is 14.4 Å². The average molecular weight is 298 g/mol. The van der Waals surface area contributed by atoms with E-state index in [4.69, 9.17) is 5.11 Å². The number of ether oxygens (including phenoxy) is 1. The first kappa shape index (κ1) is 15.3. The molecule has 0 aromatic heterocycles. The summed E-state index contributed by atoms with van der Waals surface area (Å²) in [5, 5.41) is 8.92. The van der Waals surface area contributed by atoms with Crippen molar-refractivity contribution in [2.45, 2.75) is 6.92 Å². The molecule has 0 spiro atoms. The second-order valence-corrected chi connectivity index (χ2v) is 4.72. The van der Waals surface area contributed by atoms with Crippen LogP contribution in [-0.2, 0) is 9.53 Å². The van der Waals surface area contributed by atoms with Gasteiger partial charge >= 0.3 is 17.9 Å². The second kappa shape index (κ2) is 6.44. The van der Waals surface area contributed by atoms with Crippen molar-refractivity contribution in [1.29, 1.82) is 0 Å². The Morgan fingerprint density at radius 2 is 1.63 bits per heavy atom. The molecule has 0 aliphatic rings. The summed E-state index contributed by atoms with van der Waals surface area (Å²) < 4.78 is 4.67. The zero-order valence-electron chi connectivity index (χ0n) is 9.78. The highest BCUT2D eigenvalue weighted by Crippen LogP contribution is 2.16. The number of thiol groups is 2. The largest absolute Gasteiger partial charge is 0.478 e. The van der Waals surface area contributed by atoms with Gasteiger partial charge in [0, 0.05) is 4.24 Å². The monoisotopic (exact) mass is 298 g/mol. The van der Waals surface area contributed by atoms with Gasteiger partial charge in [-0.15, -0.1) is 25.3 Å². The van der Waals surface area contributed by atoms with Gasteiger partial charge in [0.15, 0.2) is 0 Å². The Balaban J connectivity index is 3.01. The maximum atomic E-state index is 11.7. The van der Waals surface area contributed by atoms with Crippen LogP contribution in [-0.4, -0.2) is 23.0 Å². The Morgan fingerprint density at radius 3 is 2.11 bits per heavy atom. The normalized spacial score (nSPS) is 9.63. The molecule has 1 aromatic carbocycles. The Morgan fingerprint density at radius 1 is 1.11 bits per heavy atom. The predicted molar refractivity (Wildman–Crippen MR) is 74.5 cm³/mol. The van der Waals surface area contributed by atoms with Crippen LogP contribution in [0.2, 0.25) is 0 Å². The molecule has 7 heteroatoms. The molecule has 0 radical (unpaired) electrons. The van der Waals surface area contributed by atoms with Crippen molar-refractivity contribution < 1.29 is 24.2 Å². The number of aromatic carboxylic acids is 1. The summed E-state index contributed by atoms with van der Waals surface area (Å²) in [5.41, 5.74) is -0.386. The van der Waals surface area contributed by atoms with E-state index in [2.05, 4.69) is 30.0 Å². The molecule has 0 saturated heterocycles. The smallest absolute Gasteiger partial charge is 0.346 e. The number of rotatable bonds is 3. The zero-order valence-corrected chi connectivity index (χ0v) is 11.6. The van der Waals surface area contributed by atoms with E-state index < -0.39 is 17.9 Å². The summed E-state index contributed by atoms with van der Waals surface area (Å²) >= 11 is 7.67. The maximum Gasteiger partial charge on any atom is 0.346 e. The van der Waals surface area contributed by atoms with E-state index in [0.717, 1.165) is 0 Å². The lowest BCUT2D eigenvalue weighted by Gasteiger charge is -2.06.